The van der Waals surface area contributed by atoms with E-state index in [-0.39, 0.29) is 16.6 Å². The lowest BCUT2D eigenvalue weighted by molar-refractivity contribution is 0.0697. The minimum Gasteiger partial charge on any atom is -0.478 e. The van der Waals surface area contributed by atoms with Crippen LogP contribution in [0, 0.1) is 11.8 Å². The van der Waals surface area contributed by atoms with Gasteiger partial charge in [-0.3, -0.25) is 0 Å². The minimum atomic E-state index is -1.10. The molecule has 0 aromatic heterocycles. The Morgan fingerprint density at radius 3 is 2.45 bits per heavy atom. The van der Waals surface area contributed by atoms with Crippen LogP contribution >= 0.6 is 11.6 Å². The van der Waals surface area contributed by atoms with Crippen LogP contribution in [0.3, 0.4) is 0 Å². The molecule has 2 amide bonds. The molecule has 0 aliphatic carbocycles. The summed E-state index contributed by atoms with van der Waals surface area (Å²) in [5.74, 6) is -0.241. The second kappa shape index (κ2) is 7.14. The van der Waals surface area contributed by atoms with Crippen molar-refractivity contribution in [2.45, 2.75) is 20.8 Å². The van der Waals surface area contributed by atoms with Crippen LogP contribution in [0.4, 0.5) is 10.5 Å². The molecule has 0 aliphatic rings. The number of carbonyl (C=O) groups excluding carboxylic acids is 1. The summed E-state index contributed by atoms with van der Waals surface area (Å²) in [6.07, 6.45) is 0. The molecule has 110 valence electrons. The highest BCUT2D eigenvalue weighted by atomic mass is 35.5. The van der Waals surface area contributed by atoms with Crippen LogP contribution in [-0.4, -0.2) is 23.7 Å². The van der Waals surface area contributed by atoms with Crippen molar-refractivity contribution in [1.29, 1.82) is 0 Å². The number of hydrogen-bond acceptors (Lipinski definition) is 2. The first-order valence-corrected chi connectivity index (χ1v) is 6.76. The third-order valence-electron chi connectivity index (χ3n) is 3.18. The van der Waals surface area contributed by atoms with Crippen molar-refractivity contribution in [3.05, 3.63) is 28.8 Å². The van der Waals surface area contributed by atoms with Crippen molar-refractivity contribution in [2.24, 2.45) is 11.8 Å². The van der Waals surface area contributed by atoms with E-state index in [1.165, 1.54) is 18.2 Å². The largest absolute Gasteiger partial charge is 0.478 e. The minimum absolute atomic E-state index is 0.00561. The maximum atomic E-state index is 11.7. The van der Waals surface area contributed by atoms with Gasteiger partial charge < -0.3 is 15.7 Å². The van der Waals surface area contributed by atoms with Crippen molar-refractivity contribution < 1.29 is 14.7 Å². The summed E-state index contributed by atoms with van der Waals surface area (Å²) in [4.78, 5) is 22.5. The van der Waals surface area contributed by atoms with E-state index >= 15 is 0 Å². The smallest absolute Gasteiger partial charge is 0.337 e. The summed E-state index contributed by atoms with van der Waals surface area (Å²) >= 11 is 5.82. The molecule has 1 aromatic rings. The molecule has 0 saturated carbocycles. The molecule has 1 atom stereocenters. The molecule has 1 aromatic carbocycles. The number of carboxylic acids is 1. The number of rotatable bonds is 5. The predicted molar refractivity (Wildman–Crippen MR) is 79.4 cm³/mol. The number of halogens is 1. The van der Waals surface area contributed by atoms with Crippen molar-refractivity contribution in [3.8, 4) is 0 Å². The molecule has 1 unspecified atom stereocenters. The summed E-state index contributed by atoms with van der Waals surface area (Å²) in [5, 5.41) is 14.3. The van der Waals surface area contributed by atoms with Gasteiger partial charge in [0.2, 0.25) is 0 Å². The van der Waals surface area contributed by atoms with Gasteiger partial charge >= 0.3 is 12.0 Å². The molecular formula is C14H19ClN2O3. The van der Waals surface area contributed by atoms with Gasteiger partial charge in [0.1, 0.15) is 0 Å². The number of aromatic carboxylic acids is 1. The maximum absolute atomic E-state index is 11.7. The van der Waals surface area contributed by atoms with Gasteiger partial charge in [0, 0.05) is 12.2 Å². The fraction of sp³-hybridized carbons (Fsp3) is 0.429. The van der Waals surface area contributed by atoms with Crippen LogP contribution in [0.1, 0.15) is 31.1 Å². The van der Waals surface area contributed by atoms with E-state index < -0.39 is 5.97 Å². The first-order chi connectivity index (χ1) is 9.31. The summed E-state index contributed by atoms with van der Waals surface area (Å²) in [6.45, 7) is 6.82. The Morgan fingerprint density at radius 1 is 1.30 bits per heavy atom. The number of hydrogen-bond donors (Lipinski definition) is 3. The highest BCUT2D eigenvalue weighted by Gasteiger charge is 2.11. The highest BCUT2D eigenvalue weighted by molar-refractivity contribution is 6.33. The quantitative estimate of drug-likeness (QED) is 0.779. The Balaban J connectivity index is 2.58. The summed E-state index contributed by atoms with van der Waals surface area (Å²) in [5.41, 5.74) is 0.459. The predicted octanol–water partition coefficient (Wildman–Crippen LogP) is 3.45. The van der Waals surface area contributed by atoms with E-state index in [2.05, 4.69) is 31.4 Å². The van der Waals surface area contributed by atoms with Crippen molar-refractivity contribution in [2.75, 3.05) is 11.9 Å². The molecule has 3 N–H and O–H groups in total. The zero-order valence-corrected chi connectivity index (χ0v) is 12.5. The molecule has 0 bridgehead atoms. The summed E-state index contributed by atoms with van der Waals surface area (Å²) in [7, 11) is 0. The fourth-order valence-corrected chi connectivity index (χ4v) is 1.69. The van der Waals surface area contributed by atoms with Crippen molar-refractivity contribution in [1.82, 2.24) is 5.32 Å². The van der Waals surface area contributed by atoms with Crippen LogP contribution in [0.15, 0.2) is 18.2 Å². The Hall–Kier alpha value is -1.75. The zero-order chi connectivity index (χ0) is 15.3. The lowest BCUT2D eigenvalue weighted by Gasteiger charge is -2.16. The lowest BCUT2D eigenvalue weighted by atomic mass is 9.98. The highest BCUT2D eigenvalue weighted by Crippen LogP contribution is 2.20. The third kappa shape index (κ3) is 4.74. The van der Waals surface area contributed by atoms with Crippen molar-refractivity contribution in [3.63, 3.8) is 0 Å². The number of carbonyl (C=O) groups is 2. The molecule has 0 aliphatic heterocycles. The Labute approximate surface area is 123 Å². The molecule has 0 radical (unpaired) electrons. The van der Waals surface area contributed by atoms with Gasteiger partial charge in [-0.25, -0.2) is 9.59 Å². The van der Waals surface area contributed by atoms with Gasteiger partial charge in [0.05, 0.1) is 10.6 Å². The molecule has 0 saturated heterocycles. The van der Waals surface area contributed by atoms with Crippen LogP contribution in [0.5, 0.6) is 0 Å². The van der Waals surface area contributed by atoms with Crippen LogP contribution in [0.25, 0.3) is 0 Å². The summed E-state index contributed by atoms with van der Waals surface area (Å²) < 4.78 is 0. The number of amides is 2. The van der Waals surface area contributed by atoms with E-state index in [1.807, 2.05) is 0 Å². The average molecular weight is 299 g/mol. The van der Waals surface area contributed by atoms with Gasteiger partial charge in [-0.15, -0.1) is 0 Å². The first kappa shape index (κ1) is 16.3. The number of carboxylic acid groups (broad SMARTS) is 1. The van der Waals surface area contributed by atoms with E-state index in [0.29, 0.717) is 24.1 Å². The van der Waals surface area contributed by atoms with Crippen molar-refractivity contribution >= 4 is 29.3 Å². The van der Waals surface area contributed by atoms with Crippen LogP contribution in [0.2, 0.25) is 5.02 Å². The Kier molecular flexibility index (Phi) is 5.82. The Bertz CT molecular complexity index is 503. The van der Waals surface area contributed by atoms with Crippen LogP contribution < -0.4 is 10.6 Å². The second-order valence-corrected chi connectivity index (χ2v) is 5.46. The zero-order valence-electron chi connectivity index (χ0n) is 11.7. The van der Waals surface area contributed by atoms with Gasteiger partial charge in [-0.2, -0.15) is 0 Å². The molecule has 0 fully saturated rings. The third-order valence-corrected chi connectivity index (χ3v) is 3.49. The lowest BCUT2D eigenvalue weighted by Crippen LogP contribution is -2.33. The Morgan fingerprint density at radius 2 is 1.95 bits per heavy atom. The normalized spacial score (nSPS) is 12.1. The van der Waals surface area contributed by atoms with Gasteiger partial charge in [-0.05, 0) is 30.0 Å². The summed E-state index contributed by atoms with van der Waals surface area (Å²) in [6, 6.07) is 3.94. The molecule has 20 heavy (non-hydrogen) atoms. The fourth-order valence-electron chi connectivity index (χ4n) is 1.43. The monoisotopic (exact) mass is 298 g/mol. The first-order valence-electron chi connectivity index (χ1n) is 6.39. The molecule has 0 heterocycles. The van der Waals surface area contributed by atoms with Gasteiger partial charge in [0.25, 0.3) is 0 Å². The molecule has 6 heteroatoms. The standard InChI is InChI=1S/C14H19ClN2O3/c1-8(2)9(3)7-16-14(20)17-10-4-5-11(13(18)19)12(15)6-10/h4-6,8-9H,7H2,1-3H3,(H,18,19)(H2,16,17,20). The average Bonchev–Trinajstić information content (AvgIpc) is 2.35. The molecule has 1 rings (SSSR count). The van der Waals surface area contributed by atoms with E-state index in [4.69, 9.17) is 16.7 Å². The molecule has 0 spiro atoms. The topological polar surface area (TPSA) is 78.4 Å². The SMILES string of the molecule is CC(C)C(C)CNC(=O)Nc1ccc(C(=O)O)c(Cl)c1. The number of anilines is 1. The van der Waals surface area contributed by atoms with E-state index in [0.717, 1.165) is 0 Å². The number of nitrogens with one attached hydrogen (secondary N) is 2. The van der Waals surface area contributed by atoms with E-state index in [9.17, 15) is 9.59 Å². The van der Waals surface area contributed by atoms with Gasteiger partial charge in [-0.1, -0.05) is 32.4 Å². The second-order valence-electron chi connectivity index (χ2n) is 5.06. The molecular weight excluding hydrogens is 280 g/mol. The van der Waals surface area contributed by atoms with Crippen LogP contribution in [-0.2, 0) is 0 Å². The van der Waals surface area contributed by atoms with Gasteiger partial charge in [0.15, 0.2) is 0 Å². The number of benzene rings is 1. The molecule has 5 nitrogen and oxygen atoms in total. The van der Waals surface area contributed by atoms with E-state index in [1.54, 1.807) is 0 Å². The number of urea groups is 1. The maximum Gasteiger partial charge on any atom is 0.337 e.